The number of aryl methyl sites for hydroxylation is 2. The van der Waals surface area contributed by atoms with Crippen molar-refractivity contribution in [1.82, 2.24) is 9.97 Å². The summed E-state index contributed by atoms with van der Waals surface area (Å²) in [5, 5.41) is 0.794. The Morgan fingerprint density at radius 3 is 3.00 bits per heavy atom. The third kappa shape index (κ3) is 1.97. The van der Waals surface area contributed by atoms with Crippen LogP contribution in [0.15, 0.2) is 30.5 Å². The second kappa shape index (κ2) is 4.81. The van der Waals surface area contributed by atoms with E-state index >= 15 is 0 Å². The SMILES string of the molecule is Cc1cnc(C2CCc3ccccc32)nc1CBr. The first-order chi connectivity index (χ1) is 8.79. The maximum atomic E-state index is 4.71. The minimum Gasteiger partial charge on any atom is -0.240 e. The number of aromatic nitrogens is 2. The smallest absolute Gasteiger partial charge is 0.136 e. The van der Waals surface area contributed by atoms with Crippen molar-refractivity contribution in [3.05, 3.63) is 58.7 Å². The molecule has 3 heteroatoms. The van der Waals surface area contributed by atoms with Gasteiger partial charge in [0.05, 0.1) is 5.69 Å². The maximum absolute atomic E-state index is 4.71. The standard InChI is InChI=1S/C15H15BrN2/c1-10-9-17-15(18-14(10)8-16)13-7-6-11-4-2-3-5-12(11)13/h2-5,9,13H,6-8H2,1H3. The molecule has 1 aliphatic carbocycles. The van der Waals surface area contributed by atoms with Crippen molar-refractivity contribution in [1.29, 1.82) is 0 Å². The third-order valence-corrected chi connectivity index (χ3v) is 4.20. The van der Waals surface area contributed by atoms with E-state index in [0.29, 0.717) is 5.92 Å². The summed E-state index contributed by atoms with van der Waals surface area (Å²) in [6, 6.07) is 8.65. The van der Waals surface area contributed by atoms with Gasteiger partial charge in [0.15, 0.2) is 0 Å². The molecular weight excluding hydrogens is 288 g/mol. The molecule has 0 saturated heterocycles. The Morgan fingerprint density at radius 2 is 2.17 bits per heavy atom. The summed E-state index contributed by atoms with van der Waals surface area (Å²) in [4.78, 5) is 9.25. The number of hydrogen-bond acceptors (Lipinski definition) is 2. The first-order valence-electron chi connectivity index (χ1n) is 6.26. The number of alkyl halides is 1. The summed E-state index contributed by atoms with van der Waals surface area (Å²) in [5.41, 5.74) is 5.11. The van der Waals surface area contributed by atoms with Gasteiger partial charge >= 0.3 is 0 Å². The average Bonchev–Trinajstić information content (AvgIpc) is 2.83. The molecule has 0 amide bonds. The van der Waals surface area contributed by atoms with E-state index in [0.717, 1.165) is 35.3 Å². The molecule has 0 bridgehead atoms. The van der Waals surface area contributed by atoms with Crippen molar-refractivity contribution in [3.8, 4) is 0 Å². The van der Waals surface area contributed by atoms with Crippen LogP contribution in [-0.2, 0) is 11.8 Å². The number of nitrogens with zero attached hydrogens (tertiary/aromatic N) is 2. The summed E-state index contributed by atoms with van der Waals surface area (Å²) >= 11 is 3.49. The van der Waals surface area contributed by atoms with Crippen LogP contribution in [0.25, 0.3) is 0 Å². The van der Waals surface area contributed by atoms with Crippen LogP contribution in [0.4, 0.5) is 0 Å². The summed E-state index contributed by atoms with van der Waals surface area (Å²) in [6.07, 6.45) is 4.21. The van der Waals surface area contributed by atoms with Gasteiger partial charge in [-0.15, -0.1) is 0 Å². The Hall–Kier alpha value is -1.22. The van der Waals surface area contributed by atoms with Crippen LogP contribution in [0.2, 0.25) is 0 Å². The molecular formula is C15H15BrN2. The van der Waals surface area contributed by atoms with Crippen LogP contribution >= 0.6 is 15.9 Å². The van der Waals surface area contributed by atoms with Crippen LogP contribution in [0.1, 0.15) is 40.5 Å². The predicted molar refractivity (Wildman–Crippen MR) is 76.0 cm³/mol. The third-order valence-electron chi connectivity index (χ3n) is 3.67. The van der Waals surface area contributed by atoms with E-state index in [4.69, 9.17) is 4.98 Å². The molecule has 0 aliphatic heterocycles. The van der Waals surface area contributed by atoms with Crippen LogP contribution < -0.4 is 0 Å². The van der Waals surface area contributed by atoms with E-state index < -0.39 is 0 Å². The number of halogens is 1. The molecule has 1 heterocycles. The molecule has 1 aliphatic rings. The summed E-state index contributed by atoms with van der Waals surface area (Å²) < 4.78 is 0. The van der Waals surface area contributed by atoms with Gasteiger partial charge in [0.25, 0.3) is 0 Å². The molecule has 0 spiro atoms. The van der Waals surface area contributed by atoms with Crippen molar-refractivity contribution in [2.45, 2.75) is 31.0 Å². The van der Waals surface area contributed by atoms with Gasteiger partial charge in [0.1, 0.15) is 5.82 Å². The molecule has 18 heavy (non-hydrogen) atoms. The number of fused-ring (bicyclic) bond motifs is 1. The second-order valence-corrected chi connectivity index (χ2v) is 5.34. The van der Waals surface area contributed by atoms with Crippen molar-refractivity contribution >= 4 is 15.9 Å². The minimum atomic E-state index is 0.375. The Balaban J connectivity index is 2.02. The lowest BCUT2D eigenvalue weighted by Crippen LogP contribution is -2.06. The van der Waals surface area contributed by atoms with Crippen molar-refractivity contribution in [2.75, 3.05) is 0 Å². The Morgan fingerprint density at radius 1 is 1.33 bits per heavy atom. The average molecular weight is 303 g/mol. The van der Waals surface area contributed by atoms with Gasteiger partial charge in [-0.05, 0) is 36.5 Å². The zero-order chi connectivity index (χ0) is 12.5. The number of rotatable bonds is 2. The highest BCUT2D eigenvalue weighted by Gasteiger charge is 2.25. The molecule has 1 atom stereocenters. The first-order valence-corrected chi connectivity index (χ1v) is 7.38. The lowest BCUT2D eigenvalue weighted by molar-refractivity contribution is 0.720. The van der Waals surface area contributed by atoms with Crippen LogP contribution in [0, 0.1) is 6.92 Å². The lowest BCUT2D eigenvalue weighted by atomic mass is 10.0. The fourth-order valence-electron chi connectivity index (χ4n) is 2.62. The molecule has 1 aromatic heterocycles. The van der Waals surface area contributed by atoms with Crippen molar-refractivity contribution < 1.29 is 0 Å². The summed E-state index contributed by atoms with van der Waals surface area (Å²) in [6.45, 7) is 2.06. The van der Waals surface area contributed by atoms with Crippen LogP contribution in [0.3, 0.4) is 0 Å². The van der Waals surface area contributed by atoms with Gasteiger partial charge in [-0.1, -0.05) is 40.2 Å². The zero-order valence-corrected chi connectivity index (χ0v) is 11.9. The monoisotopic (exact) mass is 302 g/mol. The van der Waals surface area contributed by atoms with Crippen LogP contribution in [-0.4, -0.2) is 9.97 Å². The van der Waals surface area contributed by atoms with E-state index in [9.17, 15) is 0 Å². The van der Waals surface area contributed by atoms with E-state index in [1.807, 2.05) is 6.20 Å². The quantitative estimate of drug-likeness (QED) is 0.790. The fourth-order valence-corrected chi connectivity index (χ4v) is 3.19. The van der Waals surface area contributed by atoms with Crippen molar-refractivity contribution in [3.63, 3.8) is 0 Å². The molecule has 92 valence electrons. The molecule has 0 fully saturated rings. The van der Waals surface area contributed by atoms with E-state index in [1.54, 1.807) is 0 Å². The molecule has 2 aromatic rings. The first kappa shape index (κ1) is 11.8. The summed E-state index contributed by atoms with van der Waals surface area (Å²) in [7, 11) is 0. The molecule has 0 N–H and O–H groups in total. The lowest BCUT2D eigenvalue weighted by Gasteiger charge is -2.12. The van der Waals surface area contributed by atoms with Crippen molar-refractivity contribution in [2.24, 2.45) is 0 Å². The topological polar surface area (TPSA) is 25.8 Å². The fraction of sp³-hybridized carbons (Fsp3) is 0.333. The van der Waals surface area contributed by atoms with Gasteiger partial charge in [-0.3, -0.25) is 0 Å². The van der Waals surface area contributed by atoms with Gasteiger partial charge < -0.3 is 0 Å². The summed E-state index contributed by atoms with van der Waals surface area (Å²) in [5.74, 6) is 1.35. The van der Waals surface area contributed by atoms with Gasteiger partial charge in [-0.2, -0.15) is 0 Å². The largest absolute Gasteiger partial charge is 0.240 e. The van der Waals surface area contributed by atoms with E-state index in [2.05, 4.69) is 52.1 Å². The highest BCUT2D eigenvalue weighted by Crippen LogP contribution is 2.36. The van der Waals surface area contributed by atoms with Gasteiger partial charge in [0, 0.05) is 17.4 Å². The van der Waals surface area contributed by atoms with Crippen LogP contribution in [0.5, 0.6) is 0 Å². The van der Waals surface area contributed by atoms with E-state index in [-0.39, 0.29) is 0 Å². The second-order valence-electron chi connectivity index (χ2n) is 4.78. The Bertz CT molecular complexity index is 580. The predicted octanol–water partition coefficient (Wildman–Crippen LogP) is 3.76. The molecule has 0 saturated carbocycles. The zero-order valence-electron chi connectivity index (χ0n) is 10.4. The van der Waals surface area contributed by atoms with Gasteiger partial charge in [0.2, 0.25) is 0 Å². The molecule has 2 nitrogen and oxygen atoms in total. The molecule has 0 radical (unpaired) electrons. The number of benzene rings is 1. The molecule has 3 rings (SSSR count). The highest BCUT2D eigenvalue weighted by atomic mass is 79.9. The number of hydrogen-bond donors (Lipinski definition) is 0. The normalized spacial score (nSPS) is 17.8. The maximum Gasteiger partial charge on any atom is 0.136 e. The van der Waals surface area contributed by atoms with E-state index in [1.165, 1.54) is 11.1 Å². The Kier molecular flexibility index (Phi) is 3.16. The molecule has 1 unspecified atom stereocenters. The molecule has 1 aromatic carbocycles. The Labute approximate surface area is 116 Å². The minimum absolute atomic E-state index is 0.375. The highest BCUT2D eigenvalue weighted by molar-refractivity contribution is 9.08. The van der Waals surface area contributed by atoms with Gasteiger partial charge in [-0.25, -0.2) is 9.97 Å².